The zero-order valence-corrected chi connectivity index (χ0v) is 20.6. The van der Waals surface area contributed by atoms with Crippen molar-refractivity contribution in [3.05, 3.63) is 65.1 Å². The van der Waals surface area contributed by atoms with Crippen LogP contribution in [0.4, 0.5) is 0 Å². The van der Waals surface area contributed by atoms with E-state index in [1.807, 2.05) is 37.2 Å². The van der Waals surface area contributed by atoms with Gasteiger partial charge in [0.2, 0.25) is 0 Å². The first-order valence-corrected chi connectivity index (χ1v) is 11.4. The fraction of sp³-hybridized carbons (Fsp3) is 0.346. The molecule has 1 aromatic carbocycles. The molecule has 0 aliphatic carbocycles. The Kier molecular flexibility index (Phi) is 6.79. The fourth-order valence-electron chi connectivity index (χ4n) is 4.57. The molecule has 2 aromatic heterocycles. The average molecular weight is 479 g/mol. The lowest BCUT2D eigenvalue weighted by molar-refractivity contribution is -0.140. The van der Waals surface area contributed by atoms with Crippen LogP contribution in [0, 0.1) is 6.92 Å². The van der Waals surface area contributed by atoms with Gasteiger partial charge in [0.05, 0.1) is 31.5 Å². The smallest absolute Gasteiger partial charge is 0.295 e. The van der Waals surface area contributed by atoms with Crippen molar-refractivity contribution in [2.45, 2.75) is 19.4 Å². The van der Waals surface area contributed by atoms with Crippen LogP contribution >= 0.6 is 0 Å². The first kappa shape index (κ1) is 24.3. The molecule has 1 saturated heterocycles. The number of rotatable bonds is 8. The van der Waals surface area contributed by atoms with Crippen molar-refractivity contribution in [1.82, 2.24) is 19.2 Å². The fourth-order valence-corrected chi connectivity index (χ4v) is 4.57. The third-order valence-corrected chi connectivity index (χ3v) is 6.20. The largest absolute Gasteiger partial charge is 0.505 e. The summed E-state index contributed by atoms with van der Waals surface area (Å²) >= 11 is 0. The molecule has 9 heteroatoms. The molecule has 1 aliphatic heterocycles. The average Bonchev–Trinajstić information content (AvgIpc) is 3.31. The van der Waals surface area contributed by atoms with Crippen LogP contribution < -0.4 is 9.47 Å². The van der Waals surface area contributed by atoms with Crippen molar-refractivity contribution in [2.24, 2.45) is 0 Å². The monoisotopic (exact) mass is 478 g/mol. The quantitative estimate of drug-likeness (QED) is 0.302. The van der Waals surface area contributed by atoms with E-state index >= 15 is 0 Å². The molecule has 0 radical (unpaired) electrons. The van der Waals surface area contributed by atoms with E-state index in [-0.39, 0.29) is 11.3 Å². The van der Waals surface area contributed by atoms with E-state index < -0.39 is 17.7 Å². The molecule has 1 fully saturated rings. The maximum atomic E-state index is 13.4. The molecule has 3 aromatic rings. The molecular formula is C26H30N4O5. The van der Waals surface area contributed by atoms with E-state index in [9.17, 15) is 14.7 Å². The van der Waals surface area contributed by atoms with E-state index in [1.54, 1.807) is 42.8 Å². The number of methoxy groups -OCH3 is 2. The first-order chi connectivity index (χ1) is 16.8. The van der Waals surface area contributed by atoms with E-state index in [0.717, 1.165) is 6.54 Å². The summed E-state index contributed by atoms with van der Waals surface area (Å²) in [6.07, 6.45) is 2.41. The van der Waals surface area contributed by atoms with Crippen molar-refractivity contribution in [1.29, 1.82) is 0 Å². The number of fused-ring (bicyclic) bond motifs is 1. The molecular weight excluding hydrogens is 448 g/mol. The Morgan fingerprint density at radius 3 is 2.60 bits per heavy atom. The van der Waals surface area contributed by atoms with E-state index in [2.05, 4.69) is 4.98 Å². The number of aryl methyl sites for hydroxylation is 1. The number of aliphatic hydroxyl groups is 1. The molecule has 9 nitrogen and oxygen atoms in total. The number of carbonyl (C=O) groups is 2. The lowest BCUT2D eigenvalue weighted by Gasteiger charge is -2.27. The molecule has 4 rings (SSSR count). The van der Waals surface area contributed by atoms with Crippen LogP contribution in [-0.2, 0) is 9.59 Å². The van der Waals surface area contributed by atoms with Gasteiger partial charge in [-0.2, -0.15) is 0 Å². The van der Waals surface area contributed by atoms with Crippen LogP contribution in [0.3, 0.4) is 0 Å². The number of pyridine rings is 1. The summed E-state index contributed by atoms with van der Waals surface area (Å²) in [6.45, 7) is 2.82. The molecule has 35 heavy (non-hydrogen) atoms. The highest BCUT2D eigenvalue weighted by Gasteiger charge is 2.47. The minimum Gasteiger partial charge on any atom is -0.505 e. The van der Waals surface area contributed by atoms with Crippen LogP contribution in [0.2, 0.25) is 0 Å². The van der Waals surface area contributed by atoms with Crippen molar-refractivity contribution in [3.8, 4) is 11.5 Å². The summed E-state index contributed by atoms with van der Waals surface area (Å²) in [5.41, 5.74) is 2.11. The number of hydrogen-bond acceptors (Lipinski definition) is 7. The topological polar surface area (TPSA) is 96.6 Å². The zero-order valence-electron chi connectivity index (χ0n) is 20.6. The summed E-state index contributed by atoms with van der Waals surface area (Å²) in [6, 6.07) is 9.83. The lowest BCUT2D eigenvalue weighted by atomic mass is 9.95. The van der Waals surface area contributed by atoms with Crippen LogP contribution in [0.15, 0.2) is 48.2 Å². The first-order valence-electron chi connectivity index (χ1n) is 11.4. The van der Waals surface area contributed by atoms with Crippen molar-refractivity contribution in [2.75, 3.05) is 41.4 Å². The second kappa shape index (κ2) is 9.79. The lowest BCUT2D eigenvalue weighted by Crippen LogP contribution is -2.32. The molecule has 3 heterocycles. The predicted octanol–water partition coefficient (Wildman–Crippen LogP) is 3.03. The van der Waals surface area contributed by atoms with E-state index in [4.69, 9.17) is 9.47 Å². The second-order valence-corrected chi connectivity index (χ2v) is 8.73. The molecule has 0 saturated carbocycles. The van der Waals surface area contributed by atoms with Crippen LogP contribution in [-0.4, -0.2) is 77.4 Å². The van der Waals surface area contributed by atoms with Gasteiger partial charge in [-0.25, -0.2) is 4.98 Å². The number of aliphatic hydroxyl groups excluding tert-OH is 1. The van der Waals surface area contributed by atoms with Gasteiger partial charge in [0.25, 0.3) is 11.7 Å². The van der Waals surface area contributed by atoms with Crippen LogP contribution in [0.5, 0.6) is 11.5 Å². The van der Waals surface area contributed by atoms with Gasteiger partial charge < -0.3 is 24.4 Å². The predicted molar refractivity (Wildman–Crippen MR) is 132 cm³/mol. The van der Waals surface area contributed by atoms with Gasteiger partial charge in [-0.3, -0.25) is 14.0 Å². The van der Waals surface area contributed by atoms with Gasteiger partial charge in [0.1, 0.15) is 22.8 Å². The van der Waals surface area contributed by atoms with Crippen molar-refractivity contribution >= 4 is 23.1 Å². The minimum atomic E-state index is -0.851. The van der Waals surface area contributed by atoms with Crippen molar-refractivity contribution in [3.63, 3.8) is 0 Å². The number of likely N-dealkylation sites (tertiary alicyclic amines) is 1. The highest BCUT2D eigenvalue weighted by Crippen LogP contribution is 2.44. The number of ether oxygens (including phenoxy) is 2. The van der Waals surface area contributed by atoms with Crippen LogP contribution in [0.1, 0.15) is 29.4 Å². The number of aromatic nitrogens is 2. The molecule has 1 amide bonds. The highest BCUT2D eigenvalue weighted by atomic mass is 16.5. The molecule has 1 aliphatic rings. The second-order valence-electron chi connectivity index (χ2n) is 8.73. The maximum Gasteiger partial charge on any atom is 0.295 e. The summed E-state index contributed by atoms with van der Waals surface area (Å²) in [4.78, 5) is 34.7. The summed E-state index contributed by atoms with van der Waals surface area (Å²) < 4.78 is 12.7. The Labute approximate surface area is 204 Å². The number of amides is 1. The Morgan fingerprint density at radius 1 is 1.14 bits per heavy atom. The standard InChI is InChI=1S/C26H30N4O5/c1-16-22(29-13-7-6-9-20(29)27-16)24(31)21-23(18-15-17(34-4)10-11-19(18)35-5)30(26(33)25(21)32)14-8-12-28(2)3/h6-7,9-11,13,15,23,31H,8,12,14H2,1-5H3/b24-21+/t23-/m0/s1. The number of Topliss-reactive ketones (excluding diaryl/α,β-unsaturated/α-hetero) is 1. The summed E-state index contributed by atoms with van der Waals surface area (Å²) in [5, 5.41) is 11.6. The highest BCUT2D eigenvalue weighted by molar-refractivity contribution is 6.46. The molecule has 184 valence electrons. The molecule has 1 atom stereocenters. The molecule has 0 unspecified atom stereocenters. The van der Waals surface area contributed by atoms with Gasteiger partial charge in [-0.1, -0.05) is 6.07 Å². The number of hydrogen-bond donors (Lipinski definition) is 1. The third-order valence-electron chi connectivity index (χ3n) is 6.20. The van der Waals surface area contributed by atoms with E-state index in [1.165, 1.54) is 12.0 Å². The number of imidazole rings is 1. The number of nitrogens with zero attached hydrogens (tertiary/aromatic N) is 4. The van der Waals surface area contributed by atoms with Crippen molar-refractivity contribution < 1.29 is 24.2 Å². The van der Waals surface area contributed by atoms with Gasteiger partial charge in [0.15, 0.2) is 5.76 Å². The number of ketones is 1. The van der Waals surface area contributed by atoms with Gasteiger partial charge in [0, 0.05) is 18.3 Å². The number of carbonyl (C=O) groups excluding carboxylic acids is 2. The van der Waals surface area contributed by atoms with Gasteiger partial charge in [-0.05, 0) is 64.3 Å². The summed E-state index contributed by atoms with van der Waals surface area (Å²) in [5.74, 6) is -0.648. The normalized spacial score (nSPS) is 17.5. The Hall–Kier alpha value is -3.85. The Morgan fingerprint density at radius 2 is 1.91 bits per heavy atom. The van der Waals surface area contributed by atoms with Gasteiger partial charge in [-0.15, -0.1) is 0 Å². The summed E-state index contributed by atoms with van der Waals surface area (Å²) in [7, 11) is 6.97. The Balaban J connectivity index is 1.95. The minimum absolute atomic E-state index is 0.000147. The zero-order chi connectivity index (χ0) is 25.3. The molecule has 1 N–H and O–H groups in total. The Bertz CT molecular complexity index is 1310. The molecule has 0 bridgehead atoms. The maximum absolute atomic E-state index is 13.4. The van der Waals surface area contributed by atoms with Crippen LogP contribution in [0.25, 0.3) is 11.4 Å². The third kappa shape index (κ3) is 4.35. The number of benzene rings is 1. The van der Waals surface area contributed by atoms with Gasteiger partial charge >= 0.3 is 0 Å². The molecule has 0 spiro atoms. The SMILES string of the molecule is COc1ccc(OC)c([C@H]2/C(=C(\O)c3c(C)nc4ccccn34)C(=O)C(=O)N2CCCN(C)C)c1. The van der Waals surface area contributed by atoms with E-state index in [0.29, 0.717) is 47.1 Å².